The first-order chi connectivity index (χ1) is 7.84. The van der Waals surface area contributed by atoms with Gasteiger partial charge >= 0.3 is 0 Å². The maximum absolute atomic E-state index is 4.39. The molecule has 82 valence electrons. The summed E-state index contributed by atoms with van der Waals surface area (Å²) in [5.74, 6) is 0. The van der Waals surface area contributed by atoms with Crippen molar-refractivity contribution >= 4 is 0 Å². The van der Waals surface area contributed by atoms with Gasteiger partial charge in [0, 0.05) is 12.7 Å². The lowest BCUT2D eigenvalue weighted by Gasteiger charge is -2.20. The topological polar surface area (TPSA) is 29.9 Å². The van der Waals surface area contributed by atoms with E-state index in [9.17, 15) is 0 Å². The van der Waals surface area contributed by atoms with E-state index >= 15 is 0 Å². The van der Waals surface area contributed by atoms with Crippen LogP contribution in [0.25, 0.3) is 5.69 Å². The molecule has 0 atom stereocenters. The number of hydrogen-bond acceptors (Lipinski definition) is 2. The lowest BCUT2D eigenvalue weighted by atomic mass is 9.99. The molecule has 1 aromatic carbocycles. The predicted octanol–water partition coefficient (Wildman–Crippen LogP) is 1.83. The number of hydrogen-bond donors (Lipinski definition) is 1. The van der Waals surface area contributed by atoms with E-state index < -0.39 is 0 Å². The fourth-order valence-electron chi connectivity index (χ4n) is 2.27. The van der Waals surface area contributed by atoms with Crippen LogP contribution in [0.5, 0.6) is 0 Å². The molecule has 0 radical (unpaired) electrons. The van der Waals surface area contributed by atoms with Gasteiger partial charge in [-0.15, -0.1) is 0 Å². The highest BCUT2D eigenvalue weighted by atomic mass is 15.3. The molecule has 0 spiro atoms. The Balaban J connectivity index is 2.13. The number of benzene rings is 1. The molecule has 1 aliphatic rings. The van der Waals surface area contributed by atoms with Gasteiger partial charge in [0.15, 0.2) is 0 Å². The van der Waals surface area contributed by atoms with E-state index in [4.69, 9.17) is 0 Å². The number of nitrogens with one attached hydrogen (secondary N) is 1. The maximum atomic E-state index is 4.39. The third kappa shape index (κ3) is 1.53. The molecule has 0 saturated heterocycles. The van der Waals surface area contributed by atoms with Gasteiger partial charge in [-0.1, -0.05) is 12.1 Å². The van der Waals surface area contributed by atoms with Gasteiger partial charge in [0.2, 0.25) is 0 Å². The molecule has 2 heterocycles. The fourth-order valence-corrected chi connectivity index (χ4v) is 2.27. The summed E-state index contributed by atoms with van der Waals surface area (Å²) in [6, 6.07) is 6.45. The molecule has 3 rings (SSSR count). The van der Waals surface area contributed by atoms with Crippen molar-refractivity contribution in [2.45, 2.75) is 19.9 Å². The van der Waals surface area contributed by atoms with Gasteiger partial charge in [-0.2, -0.15) is 5.10 Å². The largest absolute Gasteiger partial charge is 0.312 e. The Kier molecular flexibility index (Phi) is 2.26. The molecule has 0 unspecified atom stereocenters. The molecule has 0 aliphatic carbocycles. The minimum atomic E-state index is 0.976. The first-order valence-electron chi connectivity index (χ1n) is 5.68. The minimum absolute atomic E-state index is 0.976. The predicted molar refractivity (Wildman–Crippen MR) is 63.7 cm³/mol. The monoisotopic (exact) mass is 213 g/mol. The highest BCUT2D eigenvalue weighted by Gasteiger charge is 2.13. The molecule has 1 aliphatic heterocycles. The van der Waals surface area contributed by atoms with Crippen LogP contribution in [0.4, 0.5) is 0 Å². The summed E-state index contributed by atoms with van der Waals surface area (Å²) in [4.78, 5) is 0. The second-order valence-corrected chi connectivity index (χ2v) is 4.30. The fraction of sp³-hybridized carbons (Fsp3) is 0.308. The van der Waals surface area contributed by atoms with Crippen molar-refractivity contribution in [1.29, 1.82) is 0 Å². The molecule has 3 heteroatoms. The van der Waals surface area contributed by atoms with E-state index in [1.54, 1.807) is 0 Å². The van der Waals surface area contributed by atoms with E-state index in [-0.39, 0.29) is 0 Å². The quantitative estimate of drug-likeness (QED) is 0.783. The number of nitrogens with zero attached hydrogens (tertiary/aromatic N) is 2. The van der Waals surface area contributed by atoms with Crippen LogP contribution < -0.4 is 5.32 Å². The number of rotatable bonds is 1. The molecule has 3 nitrogen and oxygen atoms in total. The maximum Gasteiger partial charge on any atom is 0.0681 e. The van der Waals surface area contributed by atoms with E-state index in [0.717, 1.165) is 19.5 Å². The SMILES string of the molecule is Cc1cnn(-c2cccc3c2CCNC3)c1. The van der Waals surface area contributed by atoms with Crippen molar-refractivity contribution in [3.05, 3.63) is 47.3 Å². The summed E-state index contributed by atoms with van der Waals surface area (Å²) in [6.45, 7) is 4.11. The van der Waals surface area contributed by atoms with Crippen LogP contribution in [0.3, 0.4) is 0 Å². The second kappa shape index (κ2) is 3.76. The number of aryl methyl sites for hydroxylation is 1. The van der Waals surface area contributed by atoms with Gasteiger partial charge in [0.1, 0.15) is 0 Å². The number of aromatic nitrogens is 2. The van der Waals surface area contributed by atoms with Crippen molar-refractivity contribution < 1.29 is 0 Å². The Bertz CT molecular complexity index is 514. The van der Waals surface area contributed by atoms with Crippen LogP contribution in [0, 0.1) is 6.92 Å². The lowest BCUT2D eigenvalue weighted by Crippen LogP contribution is -2.24. The highest BCUT2D eigenvalue weighted by Crippen LogP contribution is 2.21. The zero-order chi connectivity index (χ0) is 11.0. The Morgan fingerprint density at radius 3 is 3.12 bits per heavy atom. The van der Waals surface area contributed by atoms with Crippen LogP contribution in [-0.2, 0) is 13.0 Å². The average molecular weight is 213 g/mol. The Morgan fingerprint density at radius 2 is 2.31 bits per heavy atom. The third-order valence-electron chi connectivity index (χ3n) is 3.07. The highest BCUT2D eigenvalue weighted by molar-refractivity contribution is 5.47. The van der Waals surface area contributed by atoms with Crippen LogP contribution in [0.2, 0.25) is 0 Å². The number of fused-ring (bicyclic) bond motifs is 1. The van der Waals surface area contributed by atoms with Crippen molar-refractivity contribution in [3.63, 3.8) is 0 Å². The van der Waals surface area contributed by atoms with Crippen LogP contribution in [-0.4, -0.2) is 16.3 Å². The summed E-state index contributed by atoms with van der Waals surface area (Å²) < 4.78 is 1.99. The van der Waals surface area contributed by atoms with Crippen molar-refractivity contribution in [3.8, 4) is 5.69 Å². The van der Waals surface area contributed by atoms with Gasteiger partial charge in [-0.25, -0.2) is 4.68 Å². The first kappa shape index (κ1) is 9.60. The summed E-state index contributed by atoms with van der Waals surface area (Å²) in [6.07, 6.45) is 5.07. The van der Waals surface area contributed by atoms with E-state index in [2.05, 4.69) is 41.7 Å². The summed E-state index contributed by atoms with van der Waals surface area (Å²) in [5, 5.41) is 7.79. The minimum Gasteiger partial charge on any atom is -0.312 e. The van der Waals surface area contributed by atoms with Crippen LogP contribution in [0.1, 0.15) is 16.7 Å². The molecule has 1 aromatic heterocycles. The smallest absolute Gasteiger partial charge is 0.0681 e. The zero-order valence-electron chi connectivity index (χ0n) is 9.40. The third-order valence-corrected chi connectivity index (χ3v) is 3.07. The standard InChI is InChI=1S/C13H15N3/c1-10-7-15-16(9-10)13-4-2-3-11-8-14-6-5-12(11)13/h2-4,7,9,14H,5-6,8H2,1H3. The van der Waals surface area contributed by atoms with Gasteiger partial charge in [0.25, 0.3) is 0 Å². The summed E-state index contributed by atoms with van der Waals surface area (Å²) in [7, 11) is 0. The Hall–Kier alpha value is -1.61. The first-order valence-corrected chi connectivity index (χ1v) is 5.68. The van der Waals surface area contributed by atoms with Gasteiger partial charge in [-0.3, -0.25) is 0 Å². The lowest BCUT2D eigenvalue weighted by molar-refractivity contribution is 0.638. The molecule has 0 fully saturated rings. The molecule has 0 saturated carbocycles. The molecule has 2 aromatic rings. The summed E-state index contributed by atoms with van der Waals surface area (Å²) >= 11 is 0. The molecule has 0 bridgehead atoms. The van der Waals surface area contributed by atoms with Gasteiger partial charge < -0.3 is 5.32 Å². The molecule has 16 heavy (non-hydrogen) atoms. The van der Waals surface area contributed by atoms with E-state index in [1.165, 1.54) is 22.4 Å². The van der Waals surface area contributed by atoms with Crippen molar-refractivity contribution in [2.24, 2.45) is 0 Å². The van der Waals surface area contributed by atoms with E-state index in [1.807, 2.05) is 10.9 Å². The van der Waals surface area contributed by atoms with E-state index in [0.29, 0.717) is 0 Å². The van der Waals surface area contributed by atoms with Crippen LogP contribution in [0.15, 0.2) is 30.6 Å². The molecular weight excluding hydrogens is 198 g/mol. The zero-order valence-corrected chi connectivity index (χ0v) is 9.40. The van der Waals surface area contributed by atoms with Gasteiger partial charge in [-0.05, 0) is 42.6 Å². The molecular formula is C13H15N3. The van der Waals surface area contributed by atoms with Crippen LogP contribution >= 0.6 is 0 Å². The molecule has 0 amide bonds. The average Bonchev–Trinajstić information content (AvgIpc) is 2.75. The summed E-state index contributed by atoms with van der Waals surface area (Å²) in [5.41, 5.74) is 5.26. The Morgan fingerprint density at radius 1 is 1.38 bits per heavy atom. The van der Waals surface area contributed by atoms with Crippen molar-refractivity contribution in [1.82, 2.24) is 15.1 Å². The van der Waals surface area contributed by atoms with Gasteiger partial charge in [0.05, 0.1) is 11.9 Å². The Labute approximate surface area is 95.1 Å². The normalized spacial score (nSPS) is 14.8. The molecule has 1 N–H and O–H groups in total. The second-order valence-electron chi connectivity index (χ2n) is 4.30. The van der Waals surface area contributed by atoms with Crippen molar-refractivity contribution in [2.75, 3.05) is 6.54 Å².